The maximum Gasteiger partial charge on any atom is 0.341 e. The molecule has 0 radical (unpaired) electrons. The number of rotatable bonds is 10. The minimum atomic E-state index is -1.44. The number of ether oxygens (including phenoxy) is 1. The summed E-state index contributed by atoms with van der Waals surface area (Å²) in [5, 5.41) is 21.7. The second-order valence-electron chi connectivity index (χ2n) is 8.91. The maximum absolute atomic E-state index is 13.3. The third kappa shape index (κ3) is 9.19. The molecule has 0 aliphatic heterocycles. The van der Waals surface area contributed by atoms with Gasteiger partial charge < -0.3 is 20.9 Å². The van der Waals surface area contributed by atoms with E-state index >= 15 is 0 Å². The van der Waals surface area contributed by atoms with Gasteiger partial charge in [-0.15, -0.1) is 0 Å². The van der Waals surface area contributed by atoms with Gasteiger partial charge in [-0.2, -0.15) is 0 Å². The largest absolute Gasteiger partial charge is 0.477 e. The molecule has 0 aliphatic carbocycles. The van der Waals surface area contributed by atoms with Crippen molar-refractivity contribution in [3.63, 3.8) is 0 Å². The molecule has 1 atom stereocenters. The summed E-state index contributed by atoms with van der Waals surface area (Å²) in [5.74, 6) is -2.30. The number of nitrogen functional groups attached to an aromatic ring is 1. The quantitative estimate of drug-likeness (QED) is 0.0658. The number of carboxylic acids is 1. The van der Waals surface area contributed by atoms with Crippen LogP contribution in [0.3, 0.4) is 0 Å². The van der Waals surface area contributed by atoms with E-state index in [1.54, 1.807) is 37.3 Å². The first-order valence-corrected chi connectivity index (χ1v) is 13.5. The van der Waals surface area contributed by atoms with Crippen molar-refractivity contribution >= 4 is 44.9 Å². The zero-order chi connectivity index (χ0) is 29.1. The minimum Gasteiger partial charge on any atom is -0.477 e. The van der Waals surface area contributed by atoms with Gasteiger partial charge in [0.2, 0.25) is 0 Å². The lowest BCUT2D eigenvalue weighted by Crippen LogP contribution is -2.27. The first kappa shape index (κ1) is 31.5. The third-order valence-electron chi connectivity index (χ3n) is 5.69. The van der Waals surface area contributed by atoms with E-state index in [9.17, 15) is 14.7 Å². The Bertz CT molecular complexity index is 1330. The average molecular weight is 595 g/mol. The van der Waals surface area contributed by atoms with Crippen LogP contribution in [0.25, 0.3) is 0 Å². The van der Waals surface area contributed by atoms with Gasteiger partial charge in [-0.25, -0.2) is 4.79 Å². The number of nitrogens with one attached hydrogen (secondary N) is 2. The Kier molecular flexibility index (Phi) is 12.1. The van der Waals surface area contributed by atoms with Crippen molar-refractivity contribution in [2.24, 2.45) is 0 Å². The summed E-state index contributed by atoms with van der Waals surface area (Å²) in [7, 11) is 0. The van der Waals surface area contributed by atoms with E-state index in [1.165, 1.54) is 0 Å². The topological polar surface area (TPSA) is 125 Å². The van der Waals surface area contributed by atoms with Crippen LogP contribution in [0.5, 0.6) is 0 Å². The van der Waals surface area contributed by atoms with Crippen LogP contribution in [0, 0.1) is 19.3 Å². The molecule has 39 heavy (non-hydrogen) atoms. The minimum absolute atomic E-state index is 0.0433. The molecule has 3 rings (SSSR count). The molecular weight excluding hydrogens is 558 g/mol. The number of aliphatic carboxylic acids is 1. The molecule has 1 unspecified atom stereocenters. The molecule has 3 aromatic carbocycles. The lowest BCUT2D eigenvalue weighted by atomic mass is 9.91. The van der Waals surface area contributed by atoms with E-state index in [0.717, 1.165) is 16.7 Å². The number of nitrogens with two attached hydrogens (primary N) is 1. The molecule has 0 spiro atoms. The lowest BCUT2D eigenvalue weighted by molar-refractivity contribution is -0.134. The number of carbonyl (C=O) groups is 2. The second-order valence-corrected chi connectivity index (χ2v) is 9.82. The molecule has 0 fully saturated rings. The number of carboxylic acid groups (broad SMARTS) is 1. The fraction of sp³-hybridized carbons (Fsp3) is 0.258. The Morgan fingerprint density at radius 3 is 2.23 bits per heavy atom. The van der Waals surface area contributed by atoms with E-state index in [0.29, 0.717) is 16.6 Å². The number of aryl methyl sites for hydroxylation is 2. The van der Waals surface area contributed by atoms with Crippen LogP contribution in [0.1, 0.15) is 49.4 Å². The lowest BCUT2D eigenvalue weighted by Gasteiger charge is -2.20. The fourth-order valence-electron chi connectivity index (χ4n) is 3.97. The summed E-state index contributed by atoms with van der Waals surface area (Å²) in [6.07, 6.45) is -0.429. The Balaban J connectivity index is 0.00000260. The van der Waals surface area contributed by atoms with Crippen molar-refractivity contribution in [3.05, 3.63) is 105 Å². The van der Waals surface area contributed by atoms with Gasteiger partial charge >= 0.3 is 5.97 Å². The first-order chi connectivity index (χ1) is 18.5. The zero-order valence-corrected chi connectivity index (χ0v) is 24.6. The van der Waals surface area contributed by atoms with Crippen molar-refractivity contribution in [3.8, 4) is 0 Å². The predicted octanol–water partition coefficient (Wildman–Crippen LogP) is 7.06. The monoisotopic (exact) mass is 593 g/mol. The van der Waals surface area contributed by atoms with Crippen molar-refractivity contribution in [2.45, 2.75) is 53.8 Å². The molecular formula is C31H36BrN3O4. The molecule has 5 N–H and O–H groups in total. The molecule has 0 saturated heterocycles. The summed E-state index contributed by atoms with van der Waals surface area (Å²) >= 11 is 3.33. The van der Waals surface area contributed by atoms with Crippen LogP contribution in [-0.4, -0.2) is 28.8 Å². The van der Waals surface area contributed by atoms with Crippen LogP contribution in [0.15, 0.2) is 82.3 Å². The highest BCUT2D eigenvalue weighted by Crippen LogP contribution is 2.26. The van der Waals surface area contributed by atoms with E-state index in [1.807, 2.05) is 64.1 Å². The molecule has 206 valence electrons. The highest BCUT2D eigenvalue weighted by Gasteiger charge is 2.28. The summed E-state index contributed by atoms with van der Waals surface area (Å²) in [4.78, 5) is 25.8. The van der Waals surface area contributed by atoms with E-state index in [2.05, 4.69) is 21.2 Å². The first-order valence-electron chi connectivity index (χ1n) is 12.7. The van der Waals surface area contributed by atoms with Gasteiger partial charge in [0.1, 0.15) is 5.57 Å². The molecule has 0 aromatic heterocycles. The molecule has 7 nitrogen and oxygen atoms in total. The SMILES string of the molecule is CC.Cc1cc(C)cc(C(=N)/C(CC(C)OCc2ccccc2)=C(/C(=O)O)C(=O)Nc2cc(Br)ccc2N)c1. The van der Waals surface area contributed by atoms with Crippen LogP contribution in [-0.2, 0) is 20.9 Å². The smallest absolute Gasteiger partial charge is 0.341 e. The van der Waals surface area contributed by atoms with Crippen molar-refractivity contribution in [1.29, 1.82) is 5.41 Å². The van der Waals surface area contributed by atoms with Gasteiger partial charge in [0.15, 0.2) is 0 Å². The van der Waals surface area contributed by atoms with Crippen LogP contribution < -0.4 is 11.1 Å². The van der Waals surface area contributed by atoms with Crippen molar-refractivity contribution in [1.82, 2.24) is 0 Å². The van der Waals surface area contributed by atoms with E-state index in [4.69, 9.17) is 15.9 Å². The summed E-state index contributed by atoms with van der Waals surface area (Å²) in [6.45, 7) is 9.91. The van der Waals surface area contributed by atoms with E-state index < -0.39 is 23.6 Å². The normalized spacial score (nSPS) is 11.9. The number of amides is 1. The Hall–Kier alpha value is -3.75. The van der Waals surface area contributed by atoms with Gasteiger partial charge in [-0.1, -0.05) is 77.3 Å². The molecule has 8 heteroatoms. The average Bonchev–Trinajstić information content (AvgIpc) is 2.89. The van der Waals surface area contributed by atoms with Crippen LogP contribution >= 0.6 is 15.9 Å². The predicted molar refractivity (Wildman–Crippen MR) is 161 cm³/mol. The van der Waals surface area contributed by atoms with Gasteiger partial charge in [-0.3, -0.25) is 10.2 Å². The Labute approximate surface area is 238 Å². The number of halogens is 1. The molecule has 3 aromatic rings. The fourth-order valence-corrected chi connectivity index (χ4v) is 4.33. The number of anilines is 2. The molecule has 0 heterocycles. The summed E-state index contributed by atoms with van der Waals surface area (Å²) in [5.41, 5.74) is 9.38. The second kappa shape index (κ2) is 15.0. The number of hydrogen-bond acceptors (Lipinski definition) is 5. The Morgan fingerprint density at radius 2 is 1.64 bits per heavy atom. The van der Waals surface area contributed by atoms with Gasteiger partial charge in [0.05, 0.1) is 29.8 Å². The molecule has 0 saturated carbocycles. The molecule has 1 amide bonds. The molecule has 0 bridgehead atoms. The standard InChI is InChI=1S/C29H30BrN3O4.C2H6/c1-17-11-18(2)13-21(12-17)27(32)23(14-19(3)37-16-20-7-5-4-6-8-20)26(29(35)36)28(34)33-25-15-22(30)9-10-24(25)31;1-2/h4-13,15,19,32H,14,16,31H2,1-3H3,(H,33,34)(H,35,36);1-2H3/b26-23+,32-27?;. The zero-order valence-electron chi connectivity index (χ0n) is 23.0. The highest BCUT2D eigenvalue weighted by molar-refractivity contribution is 9.10. The summed E-state index contributed by atoms with van der Waals surface area (Å²) in [6, 6.07) is 20.1. The Morgan fingerprint density at radius 1 is 1.03 bits per heavy atom. The third-order valence-corrected chi connectivity index (χ3v) is 6.18. The maximum atomic E-state index is 13.3. The van der Waals surface area contributed by atoms with Gasteiger partial charge in [0, 0.05) is 22.0 Å². The van der Waals surface area contributed by atoms with Gasteiger partial charge in [-0.05, 0) is 56.7 Å². The number of benzene rings is 3. The van der Waals surface area contributed by atoms with Crippen molar-refractivity contribution < 1.29 is 19.4 Å². The summed E-state index contributed by atoms with van der Waals surface area (Å²) < 4.78 is 6.64. The number of carbonyl (C=O) groups excluding carboxylic acids is 1. The van der Waals surface area contributed by atoms with Gasteiger partial charge in [0.25, 0.3) is 5.91 Å². The number of hydrogen-bond donors (Lipinski definition) is 4. The van der Waals surface area contributed by atoms with Crippen LogP contribution in [0.2, 0.25) is 0 Å². The molecule has 0 aliphatic rings. The van der Waals surface area contributed by atoms with Crippen LogP contribution in [0.4, 0.5) is 11.4 Å². The van der Waals surface area contributed by atoms with E-state index in [-0.39, 0.29) is 29.1 Å². The van der Waals surface area contributed by atoms with Crippen molar-refractivity contribution in [2.75, 3.05) is 11.1 Å². The highest BCUT2D eigenvalue weighted by atomic mass is 79.9.